The minimum atomic E-state index is -0.258. The molecule has 3 aromatic carbocycles. The third-order valence-electron chi connectivity index (χ3n) is 5.44. The molecule has 0 fully saturated rings. The molecule has 0 aliphatic rings. The van der Waals surface area contributed by atoms with E-state index in [-0.39, 0.29) is 5.91 Å². The highest BCUT2D eigenvalue weighted by Gasteiger charge is 2.12. The summed E-state index contributed by atoms with van der Waals surface area (Å²) >= 11 is 0. The van der Waals surface area contributed by atoms with E-state index in [2.05, 4.69) is 78.3 Å². The Morgan fingerprint density at radius 3 is 2.56 bits per heavy atom. The average Bonchev–Trinajstić information content (AvgIpc) is 3.10. The topological polar surface area (TPSA) is 55.6 Å². The van der Waals surface area contributed by atoms with Crippen LogP contribution in [0.25, 0.3) is 16.5 Å². The fourth-order valence-corrected chi connectivity index (χ4v) is 3.84. The van der Waals surface area contributed by atoms with Gasteiger partial charge in [-0.1, -0.05) is 43.3 Å². The molecular weight excluding hydrogens is 398 g/mol. The molecule has 32 heavy (non-hydrogen) atoms. The van der Waals surface area contributed by atoms with E-state index in [4.69, 9.17) is 4.74 Å². The normalized spacial score (nSPS) is 11.2. The number of fused-ring (bicyclic) bond motifs is 1. The summed E-state index contributed by atoms with van der Waals surface area (Å²) in [5.74, 6) is 0.499. The molecule has 4 rings (SSSR count). The number of hydrazone groups is 1. The molecule has 0 saturated heterocycles. The molecule has 0 spiro atoms. The molecule has 5 nitrogen and oxygen atoms in total. The van der Waals surface area contributed by atoms with E-state index in [1.54, 1.807) is 30.5 Å². The number of rotatable bonds is 7. The highest BCUT2D eigenvalue weighted by atomic mass is 16.5. The van der Waals surface area contributed by atoms with E-state index < -0.39 is 0 Å². The first kappa shape index (κ1) is 21.4. The number of hydrogen-bond acceptors (Lipinski definition) is 3. The minimum absolute atomic E-state index is 0.258. The van der Waals surface area contributed by atoms with Crippen molar-refractivity contribution in [2.45, 2.75) is 27.2 Å². The van der Waals surface area contributed by atoms with Crippen LogP contribution in [0.2, 0.25) is 0 Å². The van der Waals surface area contributed by atoms with Gasteiger partial charge in [-0.25, -0.2) is 5.43 Å². The van der Waals surface area contributed by atoms with Gasteiger partial charge in [0, 0.05) is 27.9 Å². The van der Waals surface area contributed by atoms with Crippen LogP contribution >= 0.6 is 0 Å². The molecule has 0 radical (unpaired) electrons. The molecule has 0 saturated carbocycles. The highest BCUT2D eigenvalue weighted by molar-refractivity contribution is 5.95. The number of aromatic nitrogens is 1. The molecule has 0 bridgehead atoms. The number of ether oxygens (including phenoxy) is 1. The SMILES string of the molecule is CCCOc1ccc(C(=O)N/N=C\c2cc(C)n(-c3cccc4ccccc34)c2C)cc1. The van der Waals surface area contributed by atoms with Crippen molar-refractivity contribution in [1.82, 2.24) is 9.99 Å². The predicted molar refractivity (Wildman–Crippen MR) is 130 cm³/mol. The Bertz CT molecular complexity index is 1260. The molecule has 1 heterocycles. The second-order valence-electron chi connectivity index (χ2n) is 7.73. The van der Waals surface area contributed by atoms with Crippen LogP contribution in [0.15, 0.2) is 77.9 Å². The fourth-order valence-electron chi connectivity index (χ4n) is 3.84. The summed E-state index contributed by atoms with van der Waals surface area (Å²) in [5, 5.41) is 6.59. The molecule has 1 aromatic heterocycles. The standard InChI is InChI=1S/C27H27N3O2/c1-4-16-32-24-14-12-22(13-15-24)27(31)29-28-18-23-17-19(2)30(20(23)3)26-11-7-9-21-8-5-6-10-25(21)26/h5-15,17-18H,4,16H2,1-3H3,(H,29,31)/b28-18-. The van der Waals surface area contributed by atoms with Gasteiger partial charge in [-0.15, -0.1) is 0 Å². The number of hydrogen-bond donors (Lipinski definition) is 1. The van der Waals surface area contributed by atoms with Gasteiger partial charge in [-0.2, -0.15) is 5.10 Å². The third kappa shape index (κ3) is 4.42. The summed E-state index contributed by atoms with van der Waals surface area (Å²) < 4.78 is 7.78. The van der Waals surface area contributed by atoms with E-state index in [1.165, 1.54) is 10.8 Å². The van der Waals surface area contributed by atoms with Gasteiger partial charge in [0.2, 0.25) is 0 Å². The Morgan fingerprint density at radius 2 is 1.78 bits per heavy atom. The van der Waals surface area contributed by atoms with Gasteiger partial charge >= 0.3 is 0 Å². The summed E-state index contributed by atoms with van der Waals surface area (Å²) in [5.41, 5.74) is 7.41. The van der Waals surface area contributed by atoms with E-state index in [1.807, 2.05) is 6.07 Å². The maximum Gasteiger partial charge on any atom is 0.271 e. The lowest BCUT2D eigenvalue weighted by Crippen LogP contribution is -2.17. The Kier molecular flexibility index (Phi) is 6.36. The quantitative estimate of drug-likeness (QED) is 0.300. The van der Waals surface area contributed by atoms with Crippen molar-refractivity contribution >= 4 is 22.9 Å². The van der Waals surface area contributed by atoms with Gasteiger partial charge in [0.25, 0.3) is 5.91 Å². The van der Waals surface area contributed by atoms with Crippen LogP contribution in [-0.2, 0) is 0 Å². The molecule has 162 valence electrons. The summed E-state index contributed by atoms with van der Waals surface area (Å²) in [7, 11) is 0. The number of nitrogens with one attached hydrogen (secondary N) is 1. The highest BCUT2D eigenvalue weighted by Crippen LogP contribution is 2.26. The van der Waals surface area contributed by atoms with E-state index >= 15 is 0 Å². The van der Waals surface area contributed by atoms with Gasteiger partial charge in [0.15, 0.2) is 0 Å². The third-order valence-corrected chi connectivity index (χ3v) is 5.44. The van der Waals surface area contributed by atoms with Crippen LogP contribution in [0, 0.1) is 13.8 Å². The largest absolute Gasteiger partial charge is 0.494 e. The number of carbonyl (C=O) groups excluding carboxylic acids is 1. The average molecular weight is 426 g/mol. The number of amides is 1. The first-order chi connectivity index (χ1) is 15.6. The van der Waals surface area contributed by atoms with Crippen molar-refractivity contribution < 1.29 is 9.53 Å². The lowest BCUT2D eigenvalue weighted by atomic mass is 10.1. The molecular formula is C27H27N3O2. The smallest absolute Gasteiger partial charge is 0.271 e. The van der Waals surface area contributed by atoms with Crippen molar-refractivity contribution in [2.75, 3.05) is 6.61 Å². The Hall–Kier alpha value is -3.86. The molecule has 1 amide bonds. The van der Waals surface area contributed by atoms with E-state index in [9.17, 15) is 4.79 Å². The molecule has 0 aliphatic heterocycles. The molecule has 0 aliphatic carbocycles. The van der Waals surface area contributed by atoms with Crippen LogP contribution in [-0.4, -0.2) is 23.3 Å². The second-order valence-corrected chi connectivity index (χ2v) is 7.73. The van der Waals surface area contributed by atoms with Gasteiger partial charge in [0.1, 0.15) is 5.75 Å². The van der Waals surface area contributed by atoms with Gasteiger partial charge in [-0.05, 0) is 62.1 Å². The van der Waals surface area contributed by atoms with Crippen LogP contribution in [0.3, 0.4) is 0 Å². The first-order valence-corrected chi connectivity index (χ1v) is 10.8. The molecule has 5 heteroatoms. The van der Waals surface area contributed by atoms with Gasteiger partial charge in [-0.3, -0.25) is 4.79 Å². The van der Waals surface area contributed by atoms with Crippen molar-refractivity contribution in [2.24, 2.45) is 5.10 Å². The summed E-state index contributed by atoms with van der Waals surface area (Å²) in [4.78, 5) is 12.4. The van der Waals surface area contributed by atoms with Gasteiger partial charge < -0.3 is 9.30 Å². The molecule has 4 aromatic rings. The Morgan fingerprint density at radius 1 is 1.03 bits per heavy atom. The number of aryl methyl sites for hydroxylation is 1. The maximum atomic E-state index is 12.4. The van der Waals surface area contributed by atoms with Crippen LogP contribution in [0.1, 0.15) is 40.7 Å². The Labute approximate surface area is 188 Å². The molecule has 0 unspecified atom stereocenters. The zero-order valence-electron chi connectivity index (χ0n) is 18.6. The fraction of sp³-hybridized carbons (Fsp3) is 0.185. The number of carbonyl (C=O) groups is 1. The van der Waals surface area contributed by atoms with Crippen LogP contribution in [0.5, 0.6) is 5.75 Å². The zero-order valence-corrected chi connectivity index (χ0v) is 18.6. The lowest BCUT2D eigenvalue weighted by Gasteiger charge is -2.13. The van der Waals surface area contributed by atoms with E-state index in [0.29, 0.717) is 12.2 Å². The van der Waals surface area contributed by atoms with Crippen LogP contribution < -0.4 is 10.2 Å². The van der Waals surface area contributed by atoms with Crippen molar-refractivity contribution in [3.8, 4) is 11.4 Å². The van der Waals surface area contributed by atoms with Crippen molar-refractivity contribution in [1.29, 1.82) is 0 Å². The van der Waals surface area contributed by atoms with Crippen LogP contribution in [0.4, 0.5) is 0 Å². The van der Waals surface area contributed by atoms with E-state index in [0.717, 1.165) is 34.8 Å². The monoisotopic (exact) mass is 425 g/mol. The number of benzene rings is 3. The number of nitrogens with zero attached hydrogens (tertiary/aromatic N) is 2. The maximum absolute atomic E-state index is 12.4. The Balaban J connectivity index is 1.51. The second kappa shape index (κ2) is 9.52. The predicted octanol–water partition coefficient (Wildman–Crippen LogP) is 5.80. The minimum Gasteiger partial charge on any atom is -0.494 e. The van der Waals surface area contributed by atoms with Crippen molar-refractivity contribution in [3.63, 3.8) is 0 Å². The van der Waals surface area contributed by atoms with Crippen molar-refractivity contribution in [3.05, 3.63) is 95.3 Å². The zero-order chi connectivity index (χ0) is 22.5. The first-order valence-electron chi connectivity index (χ1n) is 10.8. The molecule has 0 atom stereocenters. The molecule has 1 N–H and O–H groups in total. The summed E-state index contributed by atoms with van der Waals surface area (Å²) in [6.07, 6.45) is 2.64. The summed E-state index contributed by atoms with van der Waals surface area (Å²) in [6, 6.07) is 23.8. The van der Waals surface area contributed by atoms with Gasteiger partial charge in [0.05, 0.1) is 18.5 Å². The lowest BCUT2D eigenvalue weighted by molar-refractivity contribution is 0.0955. The summed E-state index contributed by atoms with van der Waals surface area (Å²) in [6.45, 7) is 6.85.